The lowest BCUT2D eigenvalue weighted by Gasteiger charge is -2.06. The van der Waals surface area contributed by atoms with Crippen LogP contribution >= 0.6 is 11.8 Å². The van der Waals surface area contributed by atoms with Crippen molar-refractivity contribution in [2.75, 3.05) is 0 Å². The molecule has 0 amide bonds. The lowest BCUT2D eigenvalue weighted by Crippen LogP contribution is -2.04. The molecule has 0 N–H and O–H groups in total. The van der Waals surface area contributed by atoms with Crippen molar-refractivity contribution in [2.45, 2.75) is 30.8 Å². The lowest BCUT2D eigenvalue weighted by molar-refractivity contribution is 0.460. The molecule has 1 atom stereocenters. The molecule has 0 unspecified atom stereocenters. The third kappa shape index (κ3) is 2.72. The maximum absolute atomic E-state index is 5.40. The normalized spacial score (nSPS) is 12.7. The monoisotopic (exact) mass is 292 g/mol. The van der Waals surface area contributed by atoms with Crippen molar-refractivity contribution in [3.8, 4) is 0 Å². The molecule has 3 rings (SSSR count). The van der Waals surface area contributed by atoms with Gasteiger partial charge >= 0.3 is 0 Å². The molecule has 0 aliphatic heterocycles. The van der Waals surface area contributed by atoms with Crippen LogP contribution in [0.2, 0.25) is 0 Å². The Kier molecular flexibility index (Phi) is 3.50. The molecular weight excluding hydrogens is 280 g/mol. The summed E-state index contributed by atoms with van der Waals surface area (Å²) in [4.78, 5) is 0. The predicted octanol–water partition coefficient (Wildman–Crippen LogP) is 1.86. The van der Waals surface area contributed by atoms with Crippen LogP contribution < -0.4 is 0 Å². The minimum absolute atomic E-state index is 0.0300. The minimum atomic E-state index is -0.0300. The molecule has 0 bridgehead atoms. The summed E-state index contributed by atoms with van der Waals surface area (Å²) in [5, 5.41) is 20.1. The maximum Gasteiger partial charge on any atom is 0.229 e. The van der Waals surface area contributed by atoms with Crippen LogP contribution in [0.3, 0.4) is 0 Å². The van der Waals surface area contributed by atoms with Gasteiger partial charge in [-0.2, -0.15) is 0 Å². The fraction of sp³-hybridized carbons (Fsp3) is 0.364. The van der Waals surface area contributed by atoms with E-state index in [9.17, 15) is 0 Å². The highest BCUT2D eigenvalue weighted by Gasteiger charge is 2.18. The average Bonchev–Trinajstić information content (AvgIpc) is 3.13. The van der Waals surface area contributed by atoms with Crippen LogP contribution in [0.1, 0.15) is 29.7 Å². The van der Waals surface area contributed by atoms with E-state index in [1.807, 2.05) is 19.1 Å². The first-order chi connectivity index (χ1) is 9.72. The van der Waals surface area contributed by atoms with Crippen molar-refractivity contribution in [2.24, 2.45) is 0 Å². The van der Waals surface area contributed by atoms with Crippen molar-refractivity contribution in [1.82, 2.24) is 30.4 Å². The Morgan fingerprint density at radius 1 is 1.35 bits per heavy atom. The number of thioether (sulfide) groups is 1. The standard InChI is InChI=1S/C11H12N6O2S/c1-7(10-13-12-8(2)19-10)20-11-14-15-16-17(11)6-9-4-3-5-18-9/h3-5,7H,6H2,1-2H3/t7-/m0/s1. The first-order valence-electron chi connectivity index (χ1n) is 5.97. The van der Waals surface area contributed by atoms with Gasteiger partial charge in [0.2, 0.25) is 16.9 Å². The molecule has 3 aromatic rings. The van der Waals surface area contributed by atoms with Gasteiger partial charge in [0.25, 0.3) is 0 Å². The quantitative estimate of drug-likeness (QED) is 0.657. The summed E-state index contributed by atoms with van der Waals surface area (Å²) in [6, 6.07) is 3.71. The smallest absolute Gasteiger partial charge is 0.229 e. The van der Waals surface area contributed by atoms with Gasteiger partial charge in [0.1, 0.15) is 12.3 Å². The molecule has 104 valence electrons. The third-order valence-corrected chi connectivity index (χ3v) is 3.61. The maximum atomic E-state index is 5.40. The molecule has 0 saturated carbocycles. The van der Waals surface area contributed by atoms with E-state index in [2.05, 4.69) is 25.7 Å². The summed E-state index contributed by atoms with van der Waals surface area (Å²) in [5.74, 6) is 1.89. The highest BCUT2D eigenvalue weighted by Crippen LogP contribution is 2.32. The Labute approximate surface area is 118 Å². The SMILES string of the molecule is Cc1nnc([C@H](C)Sc2nnnn2Cc2ccco2)o1. The van der Waals surface area contributed by atoms with Crippen molar-refractivity contribution >= 4 is 11.8 Å². The van der Waals surface area contributed by atoms with Gasteiger partial charge in [0.05, 0.1) is 11.5 Å². The zero-order valence-electron chi connectivity index (χ0n) is 10.9. The second-order valence-corrected chi connectivity index (χ2v) is 5.43. The Morgan fingerprint density at radius 3 is 2.95 bits per heavy atom. The number of hydrogen-bond donors (Lipinski definition) is 0. The highest BCUT2D eigenvalue weighted by molar-refractivity contribution is 7.99. The number of aromatic nitrogens is 6. The number of furan rings is 1. The lowest BCUT2D eigenvalue weighted by atomic mass is 10.4. The molecule has 0 fully saturated rings. The number of hydrogen-bond acceptors (Lipinski definition) is 8. The van der Waals surface area contributed by atoms with Crippen LogP contribution in [-0.4, -0.2) is 30.4 Å². The molecular formula is C11H12N6O2S. The number of aryl methyl sites for hydroxylation is 1. The highest BCUT2D eigenvalue weighted by atomic mass is 32.2. The van der Waals surface area contributed by atoms with Gasteiger partial charge in [-0.25, -0.2) is 4.68 Å². The molecule has 20 heavy (non-hydrogen) atoms. The first kappa shape index (κ1) is 12.9. The Hall–Kier alpha value is -2.16. The molecule has 0 aliphatic carbocycles. The Bertz CT molecular complexity index is 677. The van der Waals surface area contributed by atoms with E-state index in [0.29, 0.717) is 23.5 Å². The second kappa shape index (κ2) is 5.45. The van der Waals surface area contributed by atoms with Crippen LogP contribution in [0.4, 0.5) is 0 Å². The van der Waals surface area contributed by atoms with E-state index in [-0.39, 0.29) is 5.25 Å². The van der Waals surface area contributed by atoms with Crippen LogP contribution in [0.5, 0.6) is 0 Å². The van der Waals surface area contributed by atoms with Gasteiger partial charge in [0, 0.05) is 6.92 Å². The number of tetrazole rings is 1. The minimum Gasteiger partial charge on any atom is -0.467 e. The molecule has 9 heteroatoms. The van der Waals surface area contributed by atoms with Crippen LogP contribution in [0.15, 0.2) is 32.4 Å². The van der Waals surface area contributed by atoms with Crippen LogP contribution in [0.25, 0.3) is 0 Å². The predicted molar refractivity (Wildman–Crippen MR) is 68.9 cm³/mol. The second-order valence-electron chi connectivity index (χ2n) is 4.12. The number of rotatable bonds is 5. The molecule has 0 aliphatic rings. The summed E-state index contributed by atoms with van der Waals surface area (Å²) in [6.45, 7) is 4.20. The van der Waals surface area contributed by atoms with Gasteiger partial charge in [-0.1, -0.05) is 11.8 Å². The summed E-state index contributed by atoms with van der Waals surface area (Å²) in [7, 11) is 0. The molecule has 3 aromatic heterocycles. The molecule has 0 aromatic carbocycles. The summed E-state index contributed by atoms with van der Waals surface area (Å²) in [6.07, 6.45) is 1.62. The number of nitrogens with zero attached hydrogens (tertiary/aromatic N) is 6. The van der Waals surface area contributed by atoms with E-state index in [0.717, 1.165) is 5.76 Å². The van der Waals surface area contributed by atoms with Crippen molar-refractivity contribution in [3.05, 3.63) is 35.9 Å². The Morgan fingerprint density at radius 2 is 2.25 bits per heavy atom. The third-order valence-electron chi connectivity index (χ3n) is 2.56. The molecule has 8 nitrogen and oxygen atoms in total. The Balaban J connectivity index is 1.73. The van der Waals surface area contributed by atoms with Crippen molar-refractivity contribution in [3.63, 3.8) is 0 Å². The molecule has 3 heterocycles. The molecule has 0 radical (unpaired) electrons. The average molecular weight is 292 g/mol. The van der Waals surface area contributed by atoms with Crippen molar-refractivity contribution in [1.29, 1.82) is 0 Å². The van der Waals surface area contributed by atoms with Crippen molar-refractivity contribution < 1.29 is 8.83 Å². The van der Waals surface area contributed by atoms with E-state index in [4.69, 9.17) is 8.83 Å². The fourth-order valence-corrected chi connectivity index (χ4v) is 2.43. The molecule has 0 spiro atoms. The van der Waals surface area contributed by atoms with Crippen LogP contribution in [0, 0.1) is 6.92 Å². The fourth-order valence-electron chi connectivity index (χ4n) is 1.61. The molecule has 0 saturated heterocycles. The summed E-state index contributed by atoms with van der Waals surface area (Å²) < 4.78 is 12.4. The van der Waals surface area contributed by atoms with E-state index in [1.54, 1.807) is 17.9 Å². The van der Waals surface area contributed by atoms with E-state index < -0.39 is 0 Å². The zero-order chi connectivity index (χ0) is 13.9. The van der Waals surface area contributed by atoms with Gasteiger partial charge in [0.15, 0.2) is 0 Å². The zero-order valence-corrected chi connectivity index (χ0v) is 11.7. The van der Waals surface area contributed by atoms with Gasteiger partial charge in [-0.05, 0) is 29.5 Å². The topological polar surface area (TPSA) is 95.7 Å². The van der Waals surface area contributed by atoms with Gasteiger partial charge in [-0.3, -0.25) is 0 Å². The summed E-state index contributed by atoms with van der Waals surface area (Å²) >= 11 is 1.45. The van der Waals surface area contributed by atoms with E-state index in [1.165, 1.54) is 11.8 Å². The van der Waals surface area contributed by atoms with E-state index >= 15 is 0 Å². The van der Waals surface area contributed by atoms with Crippen LogP contribution in [-0.2, 0) is 6.54 Å². The summed E-state index contributed by atoms with van der Waals surface area (Å²) in [5.41, 5.74) is 0. The van der Waals surface area contributed by atoms with Gasteiger partial charge < -0.3 is 8.83 Å². The van der Waals surface area contributed by atoms with Gasteiger partial charge in [-0.15, -0.1) is 15.3 Å². The largest absolute Gasteiger partial charge is 0.467 e. The first-order valence-corrected chi connectivity index (χ1v) is 6.85.